The van der Waals surface area contributed by atoms with Crippen LogP contribution < -0.4 is 9.62 Å². The molecule has 0 atom stereocenters. The van der Waals surface area contributed by atoms with Crippen LogP contribution in [0, 0.1) is 24.7 Å². The van der Waals surface area contributed by atoms with Crippen molar-refractivity contribution < 1.29 is 13.2 Å². The molecule has 7 rings (SSSR count). The van der Waals surface area contributed by atoms with Gasteiger partial charge in [0.15, 0.2) is 0 Å². The van der Waals surface area contributed by atoms with Gasteiger partial charge in [0.25, 0.3) is 10.0 Å². The number of carbonyl (C=O) groups is 1. The molecule has 0 radical (unpaired) electrons. The molecule has 1 N–H and O–H groups in total. The van der Waals surface area contributed by atoms with Crippen LogP contribution in [0.15, 0.2) is 77.7 Å². The van der Waals surface area contributed by atoms with E-state index in [2.05, 4.69) is 17.4 Å². The molecular weight excluding hydrogens is 516 g/mol. The summed E-state index contributed by atoms with van der Waals surface area (Å²) in [4.78, 5) is 13.3. The van der Waals surface area contributed by atoms with Gasteiger partial charge in [-0.3, -0.25) is 9.10 Å². The maximum Gasteiger partial charge on any atom is 0.264 e. The van der Waals surface area contributed by atoms with Gasteiger partial charge >= 0.3 is 0 Å². The van der Waals surface area contributed by atoms with Crippen molar-refractivity contribution in [1.82, 2.24) is 0 Å². The summed E-state index contributed by atoms with van der Waals surface area (Å²) < 4.78 is 28.3. The summed E-state index contributed by atoms with van der Waals surface area (Å²) in [5.41, 5.74) is 3.52. The van der Waals surface area contributed by atoms with Gasteiger partial charge < -0.3 is 5.32 Å². The summed E-state index contributed by atoms with van der Waals surface area (Å²) in [6.45, 7) is 1.48. The highest BCUT2D eigenvalue weighted by atomic mass is 35.5. The second-order valence-electron chi connectivity index (χ2n) is 11.6. The minimum absolute atomic E-state index is 0.115. The number of aryl methyl sites for hydroxylation is 1. The number of hydrogen-bond acceptors (Lipinski definition) is 3. The number of rotatable bonds is 7. The van der Waals surface area contributed by atoms with Crippen molar-refractivity contribution in [3.05, 3.63) is 88.9 Å². The molecule has 3 aromatic rings. The zero-order valence-corrected chi connectivity index (χ0v) is 23.1. The zero-order chi connectivity index (χ0) is 26.5. The lowest BCUT2D eigenvalue weighted by molar-refractivity contribution is -0.114. The molecule has 0 spiro atoms. The molecule has 4 aliphatic carbocycles. The highest BCUT2D eigenvalue weighted by molar-refractivity contribution is 7.92. The Balaban J connectivity index is 1.22. The summed E-state index contributed by atoms with van der Waals surface area (Å²) in [6, 6.07) is 21.4. The molecule has 4 fully saturated rings. The van der Waals surface area contributed by atoms with Crippen molar-refractivity contribution in [2.45, 2.75) is 55.8 Å². The van der Waals surface area contributed by atoms with Gasteiger partial charge in [0, 0.05) is 10.7 Å². The van der Waals surface area contributed by atoms with Gasteiger partial charge in [-0.1, -0.05) is 48.0 Å². The average molecular weight is 549 g/mol. The summed E-state index contributed by atoms with van der Waals surface area (Å²) >= 11 is 6.33. The lowest BCUT2D eigenvalue weighted by Crippen LogP contribution is -2.48. The lowest BCUT2D eigenvalue weighted by atomic mass is 9.48. The molecule has 0 saturated heterocycles. The second-order valence-corrected chi connectivity index (χ2v) is 13.9. The van der Waals surface area contributed by atoms with Crippen molar-refractivity contribution >= 4 is 38.9 Å². The number of anilines is 2. The van der Waals surface area contributed by atoms with E-state index in [0.29, 0.717) is 21.8 Å². The van der Waals surface area contributed by atoms with Crippen LogP contribution in [0.5, 0.6) is 0 Å². The van der Waals surface area contributed by atoms with Crippen LogP contribution in [0.4, 0.5) is 11.4 Å². The van der Waals surface area contributed by atoms with E-state index in [1.54, 1.807) is 36.4 Å². The smallest absolute Gasteiger partial charge is 0.264 e. The molecule has 0 aliphatic heterocycles. The molecule has 5 nitrogen and oxygen atoms in total. The molecule has 1 amide bonds. The zero-order valence-electron chi connectivity index (χ0n) is 21.6. The van der Waals surface area contributed by atoms with Crippen molar-refractivity contribution in [3.8, 4) is 0 Å². The van der Waals surface area contributed by atoms with Crippen LogP contribution in [0.3, 0.4) is 0 Å². The van der Waals surface area contributed by atoms with Crippen LogP contribution in [-0.2, 0) is 20.2 Å². The highest BCUT2D eigenvalue weighted by Crippen LogP contribution is 2.60. The van der Waals surface area contributed by atoms with Gasteiger partial charge in [-0.05, 0) is 116 Å². The Bertz CT molecular complexity index is 1420. The topological polar surface area (TPSA) is 66.5 Å². The van der Waals surface area contributed by atoms with Crippen molar-refractivity contribution in [1.29, 1.82) is 0 Å². The number of sulfonamides is 1. The first kappa shape index (κ1) is 25.4. The molecule has 0 aromatic heterocycles. The Morgan fingerprint density at radius 2 is 1.53 bits per heavy atom. The van der Waals surface area contributed by atoms with E-state index >= 15 is 0 Å². The van der Waals surface area contributed by atoms with Gasteiger partial charge in [0.1, 0.15) is 6.54 Å². The Labute approximate surface area is 230 Å². The Kier molecular flexibility index (Phi) is 6.51. The Hall–Kier alpha value is -2.83. The molecule has 7 heteroatoms. The first-order valence-electron chi connectivity index (χ1n) is 13.5. The van der Waals surface area contributed by atoms with Crippen LogP contribution in [0.1, 0.15) is 49.7 Å². The number of halogens is 1. The normalized spacial score (nSPS) is 25.8. The fourth-order valence-electron chi connectivity index (χ4n) is 7.47. The number of amides is 1. The first-order valence-corrected chi connectivity index (χ1v) is 15.3. The standard InChI is InChI=1S/C31H33ClN2O3S/c1-21-7-12-27(16-29(21)32)34(38(36,37)28-5-3-2-4-6-28)20-30(35)33-26-10-8-25(9-11-26)31-17-22-13-23(18-31)15-24(14-22)19-31/h2-12,16,22-24H,13-15,17-20H2,1H3,(H,33,35). The highest BCUT2D eigenvalue weighted by Gasteiger charge is 2.51. The third-order valence-corrected chi connectivity index (χ3v) is 11.1. The van der Waals surface area contributed by atoms with Gasteiger partial charge in [-0.15, -0.1) is 0 Å². The summed E-state index contributed by atoms with van der Waals surface area (Å²) in [5.74, 6) is 2.19. The fraction of sp³-hybridized carbons (Fsp3) is 0.387. The summed E-state index contributed by atoms with van der Waals surface area (Å²) in [7, 11) is -3.99. The summed E-state index contributed by atoms with van der Waals surface area (Å²) in [6.07, 6.45) is 8.08. The molecule has 0 unspecified atom stereocenters. The first-order chi connectivity index (χ1) is 18.2. The Morgan fingerprint density at radius 3 is 2.11 bits per heavy atom. The maximum absolute atomic E-state index is 13.6. The van der Waals surface area contributed by atoms with Gasteiger partial charge in [-0.2, -0.15) is 0 Å². The van der Waals surface area contributed by atoms with Gasteiger partial charge in [-0.25, -0.2) is 8.42 Å². The quantitative estimate of drug-likeness (QED) is 0.347. The summed E-state index contributed by atoms with van der Waals surface area (Å²) in [5, 5.41) is 3.36. The Morgan fingerprint density at radius 1 is 0.921 bits per heavy atom. The largest absolute Gasteiger partial charge is 0.325 e. The van der Waals surface area contributed by atoms with Crippen LogP contribution >= 0.6 is 11.6 Å². The van der Waals surface area contributed by atoms with E-state index in [4.69, 9.17) is 11.6 Å². The molecular formula is C31H33ClN2O3S. The number of hydrogen-bond donors (Lipinski definition) is 1. The van der Waals surface area contributed by atoms with Crippen molar-refractivity contribution in [2.75, 3.05) is 16.2 Å². The molecule has 4 saturated carbocycles. The lowest BCUT2D eigenvalue weighted by Gasteiger charge is -2.57. The average Bonchev–Trinajstić information content (AvgIpc) is 2.89. The molecule has 3 aromatic carbocycles. The van der Waals surface area contributed by atoms with Gasteiger partial charge in [0.2, 0.25) is 5.91 Å². The number of benzene rings is 3. The van der Waals surface area contributed by atoms with E-state index in [9.17, 15) is 13.2 Å². The van der Waals surface area contributed by atoms with E-state index in [1.165, 1.54) is 56.2 Å². The predicted octanol–water partition coefficient (Wildman–Crippen LogP) is 6.95. The second kappa shape index (κ2) is 9.73. The van der Waals surface area contributed by atoms with Crippen LogP contribution in [0.2, 0.25) is 5.02 Å². The fourth-order valence-corrected chi connectivity index (χ4v) is 9.08. The van der Waals surface area contributed by atoms with E-state index in [-0.39, 0.29) is 11.4 Å². The predicted molar refractivity (Wildman–Crippen MR) is 152 cm³/mol. The molecule has 4 aliphatic rings. The SMILES string of the molecule is Cc1ccc(N(CC(=O)Nc2ccc(C34CC5CC(CC(C5)C3)C4)cc2)S(=O)(=O)c2ccccc2)cc1Cl. The third-order valence-electron chi connectivity index (χ3n) is 8.88. The van der Waals surface area contributed by atoms with Crippen molar-refractivity contribution in [3.63, 3.8) is 0 Å². The monoisotopic (exact) mass is 548 g/mol. The van der Waals surface area contributed by atoms with Crippen LogP contribution in [-0.4, -0.2) is 20.9 Å². The van der Waals surface area contributed by atoms with E-state index < -0.39 is 15.9 Å². The number of nitrogens with one attached hydrogen (secondary N) is 1. The molecule has 4 bridgehead atoms. The van der Waals surface area contributed by atoms with Gasteiger partial charge in [0.05, 0.1) is 10.6 Å². The van der Waals surface area contributed by atoms with E-state index in [1.807, 2.05) is 19.1 Å². The number of nitrogens with zero attached hydrogens (tertiary/aromatic N) is 1. The molecule has 38 heavy (non-hydrogen) atoms. The molecule has 198 valence electrons. The maximum atomic E-state index is 13.6. The minimum atomic E-state index is -3.99. The number of carbonyl (C=O) groups excluding carboxylic acids is 1. The van der Waals surface area contributed by atoms with E-state index in [0.717, 1.165) is 27.6 Å². The molecule has 0 heterocycles. The third kappa shape index (κ3) is 4.73. The van der Waals surface area contributed by atoms with Crippen LogP contribution in [0.25, 0.3) is 0 Å². The van der Waals surface area contributed by atoms with Crippen molar-refractivity contribution in [2.24, 2.45) is 17.8 Å². The minimum Gasteiger partial charge on any atom is -0.325 e.